The molecule has 1 radical (unpaired) electrons. The van der Waals surface area contributed by atoms with E-state index in [1.54, 1.807) is 13.0 Å². The molecular formula is C8H12N2O2SY-2. The first kappa shape index (κ1) is 16.6. The van der Waals surface area contributed by atoms with Crippen molar-refractivity contribution < 1.29 is 41.1 Å². The molecular weight excluding hydrogens is 277 g/mol. The molecule has 77 valence electrons. The molecule has 0 aliphatic rings. The first-order valence-corrected chi connectivity index (χ1v) is 4.79. The van der Waals surface area contributed by atoms with E-state index in [-0.39, 0.29) is 45.0 Å². The average Bonchev–Trinajstić information content (AvgIpc) is 2.05. The number of aromatic nitrogens is 1. The predicted octanol–water partition coefficient (Wildman–Crippen LogP) is 1.53. The van der Waals surface area contributed by atoms with Gasteiger partial charge in [-0.25, -0.2) is 8.42 Å². The van der Waals surface area contributed by atoms with E-state index in [1.165, 1.54) is 19.3 Å². The molecule has 0 aliphatic carbocycles. The van der Waals surface area contributed by atoms with E-state index in [4.69, 9.17) is 0 Å². The fraction of sp³-hybridized carbons (Fsp3) is 0.250. The molecule has 0 saturated carbocycles. The van der Waals surface area contributed by atoms with Gasteiger partial charge >= 0.3 is 0 Å². The number of aryl methyl sites for hydroxylation is 1. The molecule has 0 saturated heterocycles. The van der Waals surface area contributed by atoms with E-state index in [0.717, 1.165) is 5.69 Å². The number of pyridine rings is 1. The summed E-state index contributed by atoms with van der Waals surface area (Å²) in [4.78, 5) is 3.99. The zero-order chi connectivity index (χ0) is 9.19. The van der Waals surface area contributed by atoms with Gasteiger partial charge in [-0.2, -0.15) is 7.05 Å². The number of hydrogen-bond acceptors (Lipinski definition) is 3. The van der Waals surface area contributed by atoms with Crippen LogP contribution in [-0.2, 0) is 42.7 Å². The van der Waals surface area contributed by atoms with E-state index < -0.39 is 10.0 Å². The van der Waals surface area contributed by atoms with Gasteiger partial charge in [0.25, 0.3) is 0 Å². The molecule has 14 heavy (non-hydrogen) atoms. The van der Waals surface area contributed by atoms with Crippen LogP contribution < -0.4 is 0 Å². The number of nitrogens with zero attached hydrogens (tertiary/aromatic N) is 2. The fourth-order valence-corrected chi connectivity index (χ4v) is 1.35. The maximum atomic E-state index is 11.1. The Labute approximate surface area is 110 Å². The normalized spacial score (nSPS) is 9.86. The van der Waals surface area contributed by atoms with Crippen molar-refractivity contribution in [1.82, 2.24) is 4.98 Å². The summed E-state index contributed by atoms with van der Waals surface area (Å²) in [5, 5.41) is 0. The van der Waals surface area contributed by atoms with Gasteiger partial charge in [-0.05, 0) is 19.1 Å². The van der Waals surface area contributed by atoms with Gasteiger partial charge in [0.15, 0.2) is 0 Å². The zero-order valence-corrected chi connectivity index (χ0v) is 12.1. The van der Waals surface area contributed by atoms with Crippen molar-refractivity contribution in [1.29, 1.82) is 0 Å². The summed E-state index contributed by atoms with van der Waals surface area (Å²) < 4.78 is 25.5. The third kappa shape index (κ3) is 4.13. The van der Waals surface area contributed by atoms with Crippen molar-refractivity contribution in [3.05, 3.63) is 36.2 Å². The van der Waals surface area contributed by atoms with Crippen LogP contribution in [0.4, 0.5) is 0 Å². The zero-order valence-electron chi connectivity index (χ0n) is 8.43. The van der Waals surface area contributed by atoms with Crippen LogP contribution >= 0.6 is 0 Å². The minimum absolute atomic E-state index is 0. The van der Waals surface area contributed by atoms with Crippen molar-refractivity contribution >= 4 is 10.0 Å². The van der Waals surface area contributed by atoms with E-state index in [9.17, 15) is 8.42 Å². The Kier molecular flexibility index (Phi) is 7.83. The van der Waals surface area contributed by atoms with Crippen molar-refractivity contribution in [2.24, 2.45) is 0 Å². The molecule has 0 fully saturated rings. The van der Waals surface area contributed by atoms with Crippen LogP contribution in [0.5, 0.6) is 0 Å². The maximum absolute atomic E-state index is 11.1. The van der Waals surface area contributed by atoms with Gasteiger partial charge in [-0.3, -0.25) is 4.98 Å². The second kappa shape index (κ2) is 6.61. The minimum Gasteiger partial charge on any atom is -0.547 e. The molecule has 0 spiro atoms. The Hall–Kier alpha value is 0.164. The van der Waals surface area contributed by atoms with Crippen LogP contribution in [0.3, 0.4) is 0 Å². The number of sulfonamides is 1. The number of hydrogen-bond donors (Lipinski definition) is 0. The van der Waals surface area contributed by atoms with Crippen LogP contribution in [0.15, 0.2) is 23.2 Å². The Balaban J connectivity index is 0. The van der Waals surface area contributed by atoms with Gasteiger partial charge in [0.2, 0.25) is 0 Å². The van der Waals surface area contributed by atoms with Crippen LogP contribution in [0.2, 0.25) is 0 Å². The summed E-state index contributed by atoms with van der Waals surface area (Å²) in [5.74, 6) is 0. The third-order valence-electron chi connectivity index (χ3n) is 1.42. The standard InChI is InChI=1S/C7H9N2O2S.CH3.Y/c1-6-3-4-7(5-9-6)12(10,11)8-2;;/h3-5H,1-2H3;1H3;/q2*-1;. The molecule has 1 aromatic rings. The van der Waals surface area contributed by atoms with Crippen LogP contribution in [0, 0.1) is 14.4 Å². The molecule has 0 bridgehead atoms. The quantitative estimate of drug-likeness (QED) is 0.776. The van der Waals surface area contributed by atoms with E-state index in [1.807, 2.05) is 0 Å². The monoisotopic (exact) mass is 289 g/mol. The molecule has 1 rings (SSSR count). The SMILES string of the molecule is C[N-]S(=O)(=O)c1ccc(C)nc1.[CH3-].[Y]. The molecule has 6 heteroatoms. The van der Waals surface area contributed by atoms with E-state index in [0.29, 0.717) is 0 Å². The van der Waals surface area contributed by atoms with Gasteiger partial charge in [-0.15, -0.1) is 0 Å². The van der Waals surface area contributed by atoms with Crippen molar-refractivity contribution in [2.45, 2.75) is 11.8 Å². The molecule has 0 aromatic carbocycles. The molecule has 0 unspecified atom stereocenters. The Morgan fingerprint density at radius 2 is 1.93 bits per heavy atom. The summed E-state index contributed by atoms with van der Waals surface area (Å²) in [6.07, 6.45) is 1.30. The molecule has 1 aromatic heterocycles. The maximum Gasteiger partial charge on any atom is 0.102 e. The van der Waals surface area contributed by atoms with Gasteiger partial charge in [0, 0.05) is 44.6 Å². The molecule has 4 nitrogen and oxygen atoms in total. The summed E-state index contributed by atoms with van der Waals surface area (Å²) >= 11 is 0. The molecule has 0 N–H and O–H groups in total. The largest absolute Gasteiger partial charge is 0.547 e. The Morgan fingerprint density at radius 1 is 1.36 bits per heavy atom. The Bertz CT molecular complexity index is 361. The predicted molar refractivity (Wildman–Crippen MR) is 51.9 cm³/mol. The molecule has 0 aliphatic heterocycles. The second-order valence-corrected chi connectivity index (χ2v) is 4.08. The van der Waals surface area contributed by atoms with Gasteiger partial charge in [0.05, 0.1) is 4.90 Å². The van der Waals surface area contributed by atoms with Crippen LogP contribution in [-0.4, -0.2) is 20.4 Å². The Morgan fingerprint density at radius 3 is 2.29 bits per heavy atom. The van der Waals surface area contributed by atoms with Crippen LogP contribution in [0.25, 0.3) is 4.72 Å². The summed E-state index contributed by atoms with van der Waals surface area (Å²) in [5.41, 5.74) is 0.782. The first-order valence-electron chi connectivity index (χ1n) is 3.35. The fourth-order valence-electron chi connectivity index (χ4n) is 0.712. The smallest absolute Gasteiger partial charge is 0.102 e. The second-order valence-electron chi connectivity index (χ2n) is 2.29. The van der Waals surface area contributed by atoms with Gasteiger partial charge < -0.3 is 12.1 Å². The van der Waals surface area contributed by atoms with Crippen molar-refractivity contribution in [3.8, 4) is 0 Å². The summed E-state index contributed by atoms with van der Waals surface area (Å²) in [6.45, 7) is 1.79. The average molecular weight is 289 g/mol. The van der Waals surface area contributed by atoms with Gasteiger partial charge in [0.1, 0.15) is 10.0 Å². The topological polar surface area (TPSA) is 61.1 Å². The van der Waals surface area contributed by atoms with Crippen LogP contribution in [0.1, 0.15) is 5.69 Å². The van der Waals surface area contributed by atoms with E-state index in [2.05, 4.69) is 9.71 Å². The number of rotatable bonds is 2. The first-order chi connectivity index (χ1) is 5.56. The van der Waals surface area contributed by atoms with E-state index >= 15 is 0 Å². The molecule has 0 amide bonds. The molecule has 1 heterocycles. The summed E-state index contributed by atoms with van der Waals surface area (Å²) in [6, 6.07) is 3.13. The third-order valence-corrected chi connectivity index (χ3v) is 2.74. The summed E-state index contributed by atoms with van der Waals surface area (Å²) in [7, 11) is -2.21. The van der Waals surface area contributed by atoms with Gasteiger partial charge in [-0.1, -0.05) is 0 Å². The molecule has 0 atom stereocenters. The van der Waals surface area contributed by atoms with Crippen molar-refractivity contribution in [2.75, 3.05) is 7.05 Å². The van der Waals surface area contributed by atoms with Crippen molar-refractivity contribution in [3.63, 3.8) is 0 Å². The minimum atomic E-state index is -3.45.